The van der Waals surface area contributed by atoms with E-state index in [1.165, 1.54) is 4.90 Å². The largest absolute Gasteiger partial charge is 0.550 e. The second-order valence-corrected chi connectivity index (χ2v) is 8.46. The summed E-state index contributed by atoms with van der Waals surface area (Å²) in [6.45, 7) is 15.2. The van der Waals surface area contributed by atoms with E-state index in [9.17, 15) is 14.7 Å². The molecule has 0 aromatic heterocycles. The maximum atomic E-state index is 12.5. The summed E-state index contributed by atoms with van der Waals surface area (Å²) in [6, 6.07) is 0. The Hall–Kier alpha value is -1.10. The van der Waals surface area contributed by atoms with Crippen molar-refractivity contribution in [2.24, 2.45) is 17.3 Å². The van der Waals surface area contributed by atoms with Gasteiger partial charge in [-0.3, -0.25) is 4.79 Å². The zero-order valence-electron chi connectivity index (χ0n) is 16.2. The number of quaternary nitrogens is 1. The fourth-order valence-corrected chi connectivity index (χ4v) is 3.68. The van der Waals surface area contributed by atoms with E-state index in [0.29, 0.717) is 19.5 Å². The second kappa shape index (κ2) is 9.40. The molecule has 140 valence electrons. The van der Waals surface area contributed by atoms with E-state index < -0.39 is 5.97 Å². The smallest absolute Gasteiger partial charge is 0.223 e. The summed E-state index contributed by atoms with van der Waals surface area (Å²) in [5.41, 5.74) is -0.0141. The lowest BCUT2D eigenvalue weighted by Crippen LogP contribution is -3.11. The third-order valence-corrected chi connectivity index (χ3v) is 5.22. The molecule has 0 aliphatic carbocycles. The van der Waals surface area contributed by atoms with Crippen molar-refractivity contribution in [3.63, 3.8) is 0 Å². The Kier molecular flexibility index (Phi) is 8.20. The van der Waals surface area contributed by atoms with Gasteiger partial charge in [-0.05, 0) is 43.9 Å². The first kappa shape index (κ1) is 20.9. The van der Waals surface area contributed by atoms with Crippen molar-refractivity contribution in [2.75, 3.05) is 32.7 Å². The van der Waals surface area contributed by atoms with E-state index in [0.717, 1.165) is 32.5 Å². The molecular formula is C19H36N2O3. The minimum atomic E-state index is -0.963. The number of aliphatic carboxylic acids is 1. The molecule has 0 spiro atoms. The minimum Gasteiger partial charge on any atom is -0.550 e. The summed E-state index contributed by atoms with van der Waals surface area (Å²) in [5, 5.41) is 11.1. The predicted octanol–water partition coefficient (Wildman–Crippen LogP) is 0.342. The fraction of sp³-hybridized carbons (Fsp3) is 0.895. The highest BCUT2D eigenvalue weighted by Crippen LogP contribution is 2.30. The number of nitrogens with one attached hydrogen (secondary N) is 1. The minimum absolute atomic E-state index is 0.0141. The molecule has 1 aliphatic rings. The summed E-state index contributed by atoms with van der Waals surface area (Å²) in [4.78, 5) is 27.1. The van der Waals surface area contributed by atoms with Crippen LogP contribution in [0.4, 0.5) is 0 Å². The maximum Gasteiger partial charge on any atom is 0.223 e. The molecule has 2 atom stereocenters. The number of piperidine rings is 1. The molecule has 0 aromatic rings. The molecule has 0 bridgehead atoms. The fourth-order valence-electron chi connectivity index (χ4n) is 3.68. The van der Waals surface area contributed by atoms with Gasteiger partial charge in [0.1, 0.15) is 0 Å². The van der Waals surface area contributed by atoms with E-state index in [2.05, 4.69) is 34.6 Å². The van der Waals surface area contributed by atoms with E-state index in [1.807, 2.05) is 4.90 Å². The highest BCUT2D eigenvalue weighted by molar-refractivity contribution is 5.77. The molecule has 1 N–H and O–H groups in total. The average Bonchev–Trinajstić information content (AvgIpc) is 2.47. The molecule has 5 nitrogen and oxygen atoms in total. The summed E-state index contributed by atoms with van der Waals surface area (Å²) in [6.07, 6.45) is 2.43. The van der Waals surface area contributed by atoms with Crippen LogP contribution in [0.5, 0.6) is 0 Å². The van der Waals surface area contributed by atoms with E-state index in [-0.39, 0.29) is 29.6 Å². The average molecular weight is 341 g/mol. The van der Waals surface area contributed by atoms with Gasteiger partial charge in [0.2, 0.25) is 5.91 Å². The van der Waals surface area contributed by atoms with Crippen molar-refractivity contribution in [3.8, 4) is 0 Å². The van der Waals surface area contributed by atoms with Gasteiger partial charge in [0.25, 0.3) is 0 Å². The number of amides is 1. The van der Waals surface area contributed by atoms with Crippen molar-refractivity contribution in [2.45, 2.75) is 60.3 Å². The molecule has 1 saturated heterocycles. The van der Waals surface area contributed by atoms with Gasteiger partial charge in [0.05, 0.1) is 19.6 Å². The number of likely N-dealkylation sites (tertiary alicyclic amines) is 1. The number of carbonyl (C=O) groups excluding carboxylic acids is 2. The Morgan fingerprint density at radius 3 is 2.29 bits per heavy atom. The lowest BCUT2D eigenvalue weighted by atomic mass is 9.80. The topological polar surface area (TPSA) is 64.9 Å². The third-order valence-electron chi connectivity index (χ3n) is 5.22. The Labute approximate surface area is 147 Å². The molecule has 5 heteroatoms. The van der Waals surface area contributed by atoms with Crippen molar-refractivity contribution >= 4 is 11.9 Å². The zero-order chi connectivity index (χ0) is 18.3. The van der Waals surface area contributed by atoms with Crippen LogP contribution in [0.15, 0.2) is 0 Å². The lowest BCUT2D eigenvalue weighted by Gasteiger charge is -2.40. The van der Waals surface area contributed by atoms with Crippen LogP contribution in [-0.4, -0.2) is 49.5 Å². The Morgan fingerprint density at radius 1 is 1.17 bits per heavy atom. The van der Waals surface area contributed by atoms with Gasteiger partial charge in [-0.1, -0.05) is 20.8 Å². The molecule has 1 aliphatic heterocycles. The van der Waals surface area contributed by atoms with Gasteiger partial charge in [0, 0.05) is 31.9 Å². The van der Waals surface area contributed by atoms with Gasteiger partial charge >= 0.3 is 0 Å². The van der Waals surface area contributed by atoms with E-state index >= 15 is 0 Å². The van der Waals surface area contributed by atoms with Crippen molar-refractivity contribution < 1.29 is 19.6 Å². The monoisotopic (exact) mass is 340 g/mol. The van der Waals surface area contributed by atoms with E-state index in [1.54, 1.807) is 0 Å². The summed E-state index contributed by atoms with van der Waals surface area (Å²) < 4.78 is 0. The van der Waals surface area contributed by atoms with Crippen LogP contribution >= 0.6 is 0 Å². The first-order valence-electron chi connectivity index (χ1n) is 9.47. The summed E-state index contributed by atoms with van der Waals surface area (Å²) in [5.74, 6) is -0.346. The first-order valence-corrected chi connectivity index (χ1v) is 9.47. The van der Waals surface area contributed by atoms with Crippen molar-refractivity contribution in [1.82, 2.24) is 4.90 Å². The number of rotatable bonds is 8. The highest BCUT2D eigenvalue weighted by Gasteiger charge is 2.33. The molecular weight excluding hydrogens is 304 g/mol. The van der Waals surface area contributed by atoms with Crippen molar-refractivity contribution in [1.29, 1.82) is 0 Å². The quantitative estimate of drug-likeness (QED) is 0.693. The van der Waals surface area contributed by atoms with Gasteiger partial charge in [0.15, 0.2) is 0 Å². The maximum absolute atomic E-state index is 12.5. The van der Waals surface area contributed by atoms with Crippen LogP contribution in [0.25, 0.3) is 0 Å². The summed E-state index contributed by atoms with van der Waals surface area (Å²) >= 11 is 0. The molecule has 0 radical (unpaired) electrons. The molecule has 1 amide bonds. The van der Waals surface area contributed by atoms with Crippen LogP contribution in [0.3, 0.4) is 0 Å². The van der Waals surface area contributed by atoms with Crippen LogP contribution in [0.1, 0.15) is 60.3 Å². The van der Waals surface area contributed by atoms with Gasteiger partial charge in [-0.15, -0.1) is 0 Å². The second-order valence-electron chi connectivity index (χ2n) is 8.46. The van der Waals surface area contributed by atoms with Crippen molar-refractivity contribution in [3.05, 3.63) is 0 Å². The molecule has 24 heavy (non-hydrogen) atoms. The normalized spacial score (nSPS) is 22.0. The zero-order valence-corrected chi connectivity index (χ0v) is 16.2. The Bertz CT molecular complexity index is 413. The standard InChI is InChI=1S/C19H36N2O3/c1-6-20(7-2)10-8-16-14-21(17(22)13-19(3,4)5)11-9-15(16)12-18(23)24/h15-16H,6-14H2,1-5H3,(H,23,24)/t15-,16-/m0/s1. The SMILES string of the molecule is CC[NH+](CC)CC[C@H]1CN(C(=O)CC(C)(C)C)CC[C@H]1CC(=O)[O-]. The number of carboxylic acid groups (broad SMARTS) is 1. The van der Waals surface area contributed by atoms with Gasteiger partial charge < -0.3 is 19.7 Å². The molecule has 0 aromatic carbocycles. The van der Waals surface area contributed by atoms with Crippen LogP contribution in [0.2, 0.25) is 0 Å². The number of carboxylic acids is 1. The number of hydrogen-bond donors (Lipinski definition) is 1. The number of nitrogens with zero attached hydrogens (tertiary/aromatic N) is 1. The first-order chi connectivity index (χ1) is 11.2. The predicted molar refractivity (Wildman–Crippen MR) is 93.4 cm³/mol. The number of hydrogen-bond acceptors (Lipinski definition) is 3. The molecule has 0 saturated carbocycles. The Morgan fingerprint density at radius 2 is 1.79 bits per heavy atom. The van der Waals surface area contributed by atoms with Gasteiger partial charge in [-0.2, -0.15) is 0 Å². The van der Waals surface area contributed by atoms with Gasteiger partial charge in [-0.25, -0.2) is 0 Å². The molecule has 1 heterocycles. The third kappa shape index (κ3) is 7.20. The molecule has 1 rings (SSSR count). The molecule has 1 fully saturated rings. The van der Waals surface area contributed by atoms with Crippen LogP contribution in [-0.2, 0) is 9.59 Å². The highest BCUT2D eigenvalue weighted by atomic mass is 16.4. The molecule has 0 unspecified atom stereocenters. The van der Waals surface area contributed by atoms with E-state index in [4.69, 9.17) is 0 Å². The summed E-state index contributed by atoms with van der Waals surface area (Å²) in [7, 11) is 0. The van der Waals surface area contributed by atoms with Crippen LogP contribution < -0.4 is 10.0 Å². The van der Waals surface area contributed by atoms with Crippen LogP contribution in [0, 0.1) is 17.3 Å². The lowest BCUT2D eigenvalue weighted by molar-refractivity contribution is -0.897. The Balaban J connectivity index is 2.70. The number of carbonyl (C=O) groups is 2.